The van der Waals surface area contributed by atoms with E-state index < -0.39 is 10.0 Å². The van der Waals surface area contributed by atoms with E-state index in [1.807, 2.05) is 0 Å². The van der Waals surface area contributed by atoms with Gasteiger partial charge in [-0.25, -0.2) is 8.42 Å². The number of sulfonamides is 1. The topological polar surface area (TPSA) is 111 Å². The molecule has 0 saturated heterocycles. The number of nitrogens with two attached hydrogens (primary N) is 1. The summed E-state index contributed by atoms with van der Waals surface area (Å²) in [6, 6.07) is 4.17. The highest BCUT2D eigenvalue weighted by atomic mass is 35.5. The lowest BCUT2D eigenvalue weighted by molar-refractivity contribution is 0.601. The summed E-state index contributed by atoms with van der Waals surface area (Å²) in [6.45, 7) is 0. The number of nitrogen functional groups attached to an aromatic ring is 1. The normalized spacial score (nSPS) is 11.4. The second-order valence-electron chi connectivity index (χ2n) is 2.96. The zero-order chi connectivity index (χ0) is 12.5. The molecule has 0 atom stereocenters. The van der Waals surface area contributed by atoms with Crippen LogP contribution in [0, 0.1) is 0 Å². The molecule has 1 aromatic heterocycles. The van der Waals surface area contributed by atoms with Crippen molar-refractivity contribution in [1.82, 2.24) is 14.8 Å². The van der Waals surface area contributed by atoms with Gasteiger partial charge in [0.05, 0.1) is 5.69 Å². The Morgan fingerprint density at radius 2 is 2.18 bits per heavy atom. The highest BCUT2D eigenvalue weighted by Crippen LogP contribution is 2.24. The molecule has 0 aliphatic heterocycles. The van der Waals surface area contributed by atoms with Gasteiger partial charge in [-0.2, -0.15) is 0 Å². The van der Waals surface area contributed by atoms with Gasteiger partial charge < -0.3 is 5.73 Å². The second kappa shape index (κ2) is 4.43. The Morgan fingerprint density at radius 1 is 1.41 bits per heavy atom. The maximum Gasteiger partial charge on any atom is 0.265 e. The molecule has 1 heterocycles. The molecule has 0 fully saturated rings. The standard InChI is InChI=1S/C7H6ClN5O2S2/c8-4-1-2-5(9)6(3-4)17(14,15)11-7-10-12-13-16-7/h1-3H,9H2,(H,10,11,13). The number of nitrogens with zero attached hydrogens (tertiary/aromatic N) is 3. The van der Waals surface area contributed by atoms with E-state index >= 15 is 0 Å². The molecule has 0 aliphatic carbocycles. The van der Waals surface area contributed by atoms with E-state index in [1.165, 1.54) is 18.2 Å². The minimum Gasteiger partial charge on any atom is -0.398 e. The van der Waals surface area contributed by atoms with Gasteiger partial charge in [-0.05, 0) is 23.4 Å². The summed E-state index contributed by atoms with van der Waals surface area (Å²) >= 11 is 6.54. The minimum absolute atomic E-state index is 0.0596. The van der Waals surface area contributed by atoms with Crippen LogP contribution in [0.25, 0.3) is 0 Å². The molecule has 3 N–H and O–H groups in total. The van der Waals surface area contributed by atoms with Crippen molar-refractivity contribution in [2.75, 3.05) is 10.5 Å². The zero-order valence-corrected chi connectivity index (χ0v) is 10.6. The molecule has 7 nitrogen and oxygen atoms in total. The Hall–Kier alpha value is -1.45. The number of hydrogen-bond donors (Lipinski definition) is 2. The fraction of sp³-hybridized carbons (Fsp3) is 0. The first-order valence-electron chi connectivity index (χ1n) is 4.22. The lowest BCUT2D eigenvalue weighted by Gasteiger charge is -2.07. The summed E-state index contributed by atoms with van der Waals surface area (Å²) in [4.78, 5) is -0.111. The van der Waals surface area contributed by atoms with Crippen LogP contribution in [-0.4, -0.2) is 23.2 Å². The van der Waals surface area contributed by atoms with Crippen LogP contribution >= 0.6 is 23.1 Å². The first-order valence-corrected chi connectivity index (χ1v) is 6.85. The molecule has 17 heavy (non-hydrogen) atoms. The summed E-state index contributed by atoms with van der Waals surface area (Å²) in [5.74, 6) is 0. The van der Waals surface area contributed by atoms with Gasteiger partial charge >= 0.3 is 0 Å². The van der Waals surface area contributed by atoms with Crippen LogP contribution in [-0.2, 0) is 10.0 Å². The SMILES string of the molecule is Nc1ccc(Cl)cc1S(=O)(=O)Nc1nnns1. The molecule has 0 amide bonds. The Kier molecular flexibility index (Phi) is 3.13. The number of aromatic nitrogens is 3. The summed E-state index contributed by atoms with van der Waals surface area (Å²) in [6.07, 6.45) is 0. The third kappa shape index (κ3) is 2.62. The Morgan fingerprint density at radius 3 is 2.82 bits per heavy atom. The lowest BCUT2D eigenvalue weighted by atomic mass is 10.3. The van der Waals surface area contributed by atoms with Crippen LogP contribution in [0.4, 0.5) is 10.8 Å². The highest BCUT2D eigenvalue weighted by molar-refractivity contribution is 7.93. The fourth-order valence-electron chi connectivity index (χ4n) is 1.08. The van der Waals surface area contributed by atoms with E-state index in [1.54, 1.807) is 0 Å². The van der Waals surface area contributed by atoms with Crippen LogP contribution in [0.5, 0.6) is 0 Å². The van der Waals surface area contributed by atoms with Crippen LogP contribution in [0.3, 0.4) is 0 Å². The Balaban J connectivity index is 2.41. The summed E-state index contributed by atoms with van der Waals surface area (Å²) in [5, 5.41) is 7.08. The predicted molar refractivity (Wildman–Crippen MR) is 64.4 cm³/mol. The van der Waals surface area contributed by atoms with Crippen LogP contribution in [0.15, 0.2) is 23.1 Å². The van der Waals surface area contributed by atoms with Gasteiger partial charge in [0, 0.05) is 16.6 Å². The van der Waals surface area contributed by atoms with Crippen molar-refractivity contribution in [3.8, 4) is 0 Å². The molecule has 0 spiro atoms. The van der Waals surface area contributed by atoms with Gasteiger partial charge in [-0.1, -0.05) is 21.2 Å². The molecule has 0 bridgehead atoms. The molecule has 1 aromatic carbocycles. The maximum absolute atomic E-state index is 11.9. The summed E-state index contributed by atoms with van der Waals surface area (Å²) < 4.78 is 29.5. The number of hydrogen-bond acceptors (Lipinski definition) is 7. The van der Waals surface area contributed by atoms with Crippen molar-refractivity contribution in [2.24, 2.45) is 0 Å². The average Bonchev–Trinajstić information content (AvgIpc) is 2.73. The third-order valence-electron chi connectivity index (χ3n) is 1.79. The number of anilines is 2. The number of benzene rings is 1. The molecule has 2 aromatic rings. The van der Waals surface area contributed by atoms with Crippen molar-refractivity contribution >= 4 is 44.0 Å². The number of halogens is 1. The molecular formula is C7H6ClN5O2S2. The number of nitrogens with one attached hydrogen (secondary N) is 1. The highest BCUT2D eigenvalue weighted by Gasteiger charge is 2.19. The first-order chi connectivity index (χ1) is 7.99. The van der Waals surface area contributed by atoms with Gasteiger partial charge in [-0.15, -0.1) is 0 Å². The van der Waals surface area contributed by atoms with Crippen molar-refractivity contribution in [3.63, 3.8) is 0 Å². The molecular weight excluding hydrogens is 286 g/mol. The van der Waals surface area contributed by atoms with E-state index in [0.717, 1.165) is 11.5 Å². The third-order valence-corrected chi connectivity index (χ3v) is 4.06. The zero-order valence-electron chi connectivity index (χ0n) is 8.16. The van der Waals surface area contributed by atoms with Gasteiger partial charge in [0.1, 0.15) is 4.90 Å². The van der Waals surface area contributed by atoms with E-state index in [4.69, 9.17) is 17.3 Å². The molecule has 0 radical (unpaired) electrons. The molecule has 2 rings (SSSR count). The van der Waals surface area contributed by atoms with Crippen molar-refractivity contribution < 1.29 is 8.42 Å². The Labute approximate surface area is 106 Å². The maximum atomic E-state index is 11.9. The predicted octanol–water partition coefficient (Wildman–Crippen LogP) is 0.970. The van der Waals surface area contributed by atoms with E-state index in [-0.39, 0.29) is 20.7 Å². The number of rotatable bonds is 3. The summed E-state index contributed by atoms with van der Waals surface area (Å²) in [5.41, 5.74) is 5.68. The van der Waals surface area contributed by atoms with Crippen molar-refractivity contribution in [1.29, 1.82) is 0 Å². The van der Waals surface area contributed by atoms with Gasteiger partial charge in [-0.3, -0.25) is 4.72 Å². The van der Waals surface area contributed by atoms with Gasteiger partial charge in [0.15, 0.2) is 0 Å². The van der Waals surface area contributed by atoms with Crippen molar-refractivity contribution in [3.05, 3.63) is 23.2 Å². The second-order valence-corrected chi connectivity index (χ2v) is 5.78. The van der Waals surface area contributed by atoms with Crippen LogP contribution in [0.2, 0.25) is 5.02 Å². The fourth-order valence-corrected chi connectivity index (χ4v) is 3.06. The molecule has 0 unspecified atom stereocenters. The molecule has 90 valence electrons. The average molecular weight is 292 g/mol. The van der Waals surface area contributed by atoms with Crippen molar-refractivity contribution in [2.45, 2.75) is 4.90 Å². The van der Waals surface area contributed by atoms with Gasteiger partial charge in [0.25, 0.3) is 10.0 Å². The Bertz CT molecular complexity index is 628. The lowest BCUT2D eigenvalue weighted by Crippen LogP contribution is -2.14. The van der Waals surface area contributed by atoms with E-state index in [0.29, 0.717) is 0 Å². The van der Waals surface area contributed by atoms with Gasteiger partial charge in [0.2, 0.25) is 5.13 Å². The monoisotopic (exact) mass is 291 g/mol. The summed E-state index contributed by atoms with van der Waals surface area (Å²) in [7, 11) is -3.83. The van der Waals surface area contributed by atoms with Crippen LogP contribution in [0.1, 0.15) is 0 Å². The smallest absolute Gasteiger partial charge is 0.265 e. The minimum atomic E-state index is -3.83. The largest absolute Gasteiger partial charge is 0.398 e. The molecule has 10 heteroatoms. The molecule has 0 aliphatic rings. The molecule has 0 saturated carbocycles. The van der Waals surface area contributed by atoms with Crippen LogP contribution < -0.4 is 10.5 Å². The first kappa shape index (κ1) is 12.0. The van der Waals surface area contributed by atoms with E-state index in [2.05, 4.69) is 19.5 Å². The van der Waals surface area contributed by atoms with E-state index in [9.17, 15) is 8.42 Å². The quantitative estimate of drug-likeness (QED) is 0.815.